The maximum absolute atomic E-state index is 12.8. The number of carbonyl (C=O) groups is 1. The molecule has 2 aliphatic rings. The summed E-state index contributed by atoms with van der Waals surface area (Å²) in [6, 6.07) is 0. The van der Waals surface area contributed by atoms with Gasteiger partial charge in [-0.25, -0.2) is 0 Å². The number of likely N-dealkylation sites (tertiary alicyclic amines) is 1. The molecule has 7 heteroatoms. The van der Waals surface area contributed by atoms with Crippen molar-refractivity contribution in [2.45, 2.75) is 51.2 Å². The van der Waals surface area contributed by atoms with Gasteiger partial charge in [0.05, 0.1) is 36.7 Å². The van der Waals surface area contributed by atoms with Gasteiger partial charge in [-0.3, -0.25) is 9.48 Å². The van der Waals surface area contributed by atoms with Crippen LogP contribution < -0.4 is 0 Å². The molecule has 1 aromatic rings. The Labute approximate surface area is 155 Å². The first-order chi connectivity index (χ1) is 12.5. The summed E-state index contributed by atoms with van der Waals surface area (Å²) >= 11 is 0. The monoisotopic (exact) mass is 365 g/mol. The molecule has 2 aliphatic heterocycles. The van der Waals surface area contributed by atoms with Crippen LogP contribution in [0.5, 0.6) is 0 Å². The number of hydrogen-bond acceptors (Lipinski definition) is 5. The smallest absolute Gasteiger partial charge is 0.257 e. The quantitative estimate of drug-likeness (QED) is 0.721. The van der Waals surface area contributed by atoms with E-state index < -0.39 is 0 Å². The lowest BCUT2D eigenvalue weighted by Gasteiger charge is -2.46. The van der Waals surface area contributed by atoms with E-state index in [1.807, 2.05) is 25.8 Å². The van der Waals surface area contributed by atoms with Gasteiger partial charge in [0, 0.05) is 45.5 Å². The Bertz CT molecular complexity index is 608. The number of aromatic nitrogens is 2. The highest BCUT2D eigenvalue weighted by Crippen LogP contribution is 2.36. The van der Waals surface area contributed by atoms with Crippen LogP contribution in [0.25, 0.3) is 0 Å². The standard InChI is InChI=1S/C19H31N3O4/c1-4-24-11-12-25-16-5-10-26-19(13-16)6-8-22(9-7-19)18(23)17-14-20-21(3)15(17)2/h14,16H,4-13H2,1-3H3. The molecule has 0 N–H and O–H groups in total. The number of piperidine rings is 1. The van der Waals surface area contributed by atoms with Gasteiger partial charge in [0.1, 0.15) is 0 Å². The van der Waals surface area contributed by atoms with Gasteiger partial charge in [-0.05, 0) is 33.1 Å². The molecule has 1 atom stereocenters. The number of carbonyl (C=O) groups excluding carboxylic acids is 1. The fraction of sp³-hybridized carbons (Fsp3) is 0.789. The van der Waals surface area contributed by atoms with Crippen molar-refractivity contribution in [2.75, 3.05) is 39.5 Å². The van der Waals surface area contributed by atoms with E-state index in [0.717, 1.165) is 57.7 Å². The van der Waals surface area contributed by atoms with Gasteiger partial charge >= 0.3 is 0 Å². The second-order valence-corrected chi connectivity index (χ2v) is 7.27. The molecule has 1 aromatic heterocycles. The van der Waals surface area contributed by atoms with E-state index in [4.69, 9.17) is 14.2 Å². The average Bonchev–Trinajstić information content (AvgIpc) is 2.98. The van der Waals surface area contributed by atoms with Crippen molar-refractivity contribution in [1.29, 1.82) is 0 Å². The van der Waals surface area contributed by atoms with E-state index in [9.17, 15) is 4.79 Å². The number of nitrogens with zero attached hydrogens (tertiary/aromatic N) is 3. The summed E-state index contributed by atoms with van der Waals surface area (Å²) in [4.78, 5) is 14.7. The molecule has 146 valence electrons. The molecule has 3 rings (SSSR count). The first-order valence-electron chi connectivity index (χ1n) is 9.66. The molecule has 1 unspecified atom stereocenters. The predicted molar refractivity (Wildman–Crippen MR) is 97.2 cm³/mol. The molecule has 0 aromatic carbocycles. The van der Waals surface area contributed by atoms with Crippen molar-refractivity contribution in [3.8, 4) is 0 Å². The summed E-state index contributed by atoms with van der Waals surface area (Å²) in [6.45, 7) is 8.10. The highest BCUT2D eigenvalue weighted by molar-refractivity contribution is 5.95. The lowest BCUT2D eigenvalue weighted by Crippen LogP contribution is -2.52. The summed E-state index contributed by atoms with van der Waals surface area (Å²) in [5, 5.41) is 4.18. The van der Waals surface area contributed by atoms with Crippen LogP contribution in [-0.4, -0.2) is 71.8 Å². The third kappa shape index (κ3) is 4.27. The van der Waals surface area contributed by atoms with Crippen molar-refractivity contribution in [3.05, 3.63) is 17.5 Å². The minimum atomic E-state index is -0.144. The van der Waals surface area contributed by atoms with Crippen LogP contribution in [0.3, 0.4) is 0 Å². The van der Waals surface area contributed by atoms with Crippen molar-refractivity contribution in [1.82, 2.24) is 14.7 Å². The van der Waals surface area contributed by atoms with Crippen molar-refractivity contribution < 1.29 is 19.0 Å². The number of aryl methyl sites for hydroxylation is 1. The minimum absolute atomic E-state index is 0.0748. The fourth-order valence-electron chi connectivity index (χ4n) is 3.89. The van der Waals surface area contributed by atoms with Crippen LogP contribution in [0.2, 0.25) is 0 Å². The van der Waals surface area contributed by atoms with Crippen LogP contribution >= 0.6 is 0 Å². The first-order valence-corrected chi connectivity index (χ1v) is 9.66. The van der Waals surface area contributed by atoms with Gasteiger partial charge in [0.25, 0.3) is 5.91 Å². The Morgan fingerprint density at radius 1 is 1.38 bits per heavy atom. The van der Waals surface area contributed by atoms with Gasteiger partial charge in [0.15, 0.2) is 0 Å². The Balaban J connectivity index is 1.52. The van der Waals surface area contributed by atoms with Gasteiger partial charge in [0.2, 0.25) is 0 Å². The number of rotatable bonds is 6. The lowest BCUT2D eigenvalue weighted by atomic mass is 9.83. The maximum Gasteiger partial charge on any atom is 0.257 e. The summed E-state index contributed by atoms with van der Waals surface area (Å²) in [5.74, 6) is 0.0748. The molecule has 0 radical (unpaired) electrons. The van der Waals surface area contributed by atoms with Crippen molar-refractivity contribution in [2.24, 2.45) is 7.05 Å². The topological polar surface area (TPSA) is 65.8 Å². The van der Waals surface area contributed by atoms with E-state index in [0.29, 0.717) is 18.8 Å². The summed E-state index contributed by atoms with van der Waals surface area (Å²) in [5.41, 5.74) is 1.46. The number of amides is 1. The second-order valence-electron chi connectivity index (χ2n) is 7.27. The highest BCUT2D eigenvalue weighted by Gasteiger charge is 2.41. The molecule has 7 nitrogen and oxygen atoms in total. The Morgan fingerprint density at radius 3 is 2.81 bits per heavy atom. The van der Waals surface area contributed by atoms with Crippen LogP contribution in [-0.2, 0) is 21.3 Å². The van der Waals surface area contributed by atoms with Crippen molar-refractivity contribution >= 4 is 5.91 Å². The Hall–Kier alpha value is -1.44. The first kappa shape index (κ1) is 19.3. The minimum Gasteiger partial charge on any atom is -0.379 e. The molecule has 2 saturated heterocycles. The Kier molecular flexibility index (Phi) is 6.32. The molecule has 2 fully saturated rings. The maximum atomic E-state index is 12.8. The highest BCUT2D eigenvalue weighted by atomic mass is 16.5. The van der Waals surface area contributed by atoms with E-state index in [1.165, 1.54) is 0 Å². The zero-order chi connectivity index (χ0) is 18.6. The second kappa shape index (κ2) is 8.50. The normalized spacial score (nSPS) is 22.7. The summed E-state index contributed by atoms with van der Waals surface area (Å²) < 4.78 is 19.2. The summed E-state index contributed by atoms with van der Waals surface area (Å²) in [6.07, 6.45) is 5.47. The number of ether oxygens (including phenoxy) is 3. The molecule has 0 saturated carbocycles. The molecule has 0 bridgehead atoms. The third-order valence-electron chi connectivity index (χ3n) is 5.66. The molecule has 1 spiro atoms. The van der Waals surface area contributed by atoms with Crippen LogP contribution in [0.15, 0.2) is 6.20 Å². The number of hydrogen-bond donors (Lipinski definition) is 0. The zero-order valence-corrected chi connectivity index (χ0v) is 16.2. The SMILES string of the molecule is CCOCCOC1CCOC2(CCN(C(=O)c3cnn(C)c3C)CC2)C1. The Morgan fingerprint density at radius 2 is 2.15 bits per heavy atom. The van der Waals surface area contributed by atoms with Gasteiger partial charge < -0.3 is 19.1 Å². The van der Waals surface area contributed by atoms with Gasteiger partial charge in [-0.15, -0.1) is 0 Å². The van der Waals surface area contributed by atoms with Gasteiger partial charge in [-0.2, -0.15) is 5.10 Å². The lowest BCUT2D eigenvalue weighted by molar-refractivity contribution is -0.155. The predicted octanol–water partition coefficient (Wildman–Crippen LogP) is 1.94. The molecule has 0 aliphatic carbocycles. The fourth-order valence-corrected chi connectivity index (χ4v) is 3.89. The van der Waals surface area contributed by atoms with Gasteiger partial charge in [-0.1, -0.05) is 0 Å². The summed E-state index contributed by atoms with van der Waals surface area (Å²) in [7, 11) is 1.86. The average molecular weight is 365 g/mol. The van der Waals surface area contributed by atoms with Crippen molar-refractivity contribution in [3.63, 3.8) is 0 Å². The van der Waals surface area contributed by atoms with Crippen LogP contribution in [0, 0.1) is 6.92 Å². The van der Waals surface area contributed by atoms with E-state index in [1.54, 1.807) is 10.9 Å². The zero-order valence-electron chi connectivity index (χ0n) is 16.2. The third-order valence-corrected chi connectivity index (χ3v) is 5.66. The van der Waals surface area contributed by atoms with Crippen LogP contribution in [0.4, 0.5) is 0 Å². The largest absolute Gasteiger partial charge is 0.379 e. The van der Waals surface area contributed by atoms with E-state index in [2.05, 4.69) is 5.10 Å². The molecule has 3 heterocycles. The molecule has 26 heavy (non-hydrogen) atoms. The van der Waals surface area contributed by atoms with E-state index >= 15 is 0 Å². The molecule has 1 amide bonds. The molecular weight excluding hydrogens is 334 g/mol. The van der Waals surface area contributed by atoms with E-state index in [-0.39, 0.29) is 17.6 Å². The molecular formula is C19H31N3O4. The van der Waals surface area contributed by atoms with Crippen LogP contribution in [0.1, 0.15) is 48.7 Å².